The number of primary amides is 1. The fraction of sp³-hybridized carbons (Fsp3) is 0.462. The molecule has 20 heavy (non-hydrogen) atoms. The third kappa shape index (κ3) is 5.94. The Balaban J connectivity index is 2.47. The highest BCUT2D eigenvalue weighted by Crippen LogP contribution is 2.19. The van der Waals surface area contributed by atoms with Crippen molar-refractivity contribution in [1.82, 2.24) is 5.32 Å². The highest BCUT2D eigenvalue weighted by Gasteiger charge is 2.11. The number of halogens is 2. The quantitative estimate of drug-likeness (QED) is 0.670. The van der Waals surface area contributed by atoms with Gasteiger partial charge in [0.25, 0.3) is 0 Å². The molecule has 0 bridgehead atoms. The van der Waals surface area contributed by atoms with Crippen LogP contribution in [0.5, 0.6) is 5.75 Å². The number of ether oxygens (including phenoxy) is 1. The molecule has 5 nitrogen and oxygen atoms in total. The maximum atomic E-state index is 12.0. The second-order valence-corrected chi connectivity index (χ2v) is 4.44. The lowest BCUT2D eigenvalue weighted by atomic mass is 10.1. The van der Waals surface area contributed by atoms with Crippen LogP contribution in [0.2, 0.25) is 0 Å². The minimum absolute atomic E-state index is 0.0333. The highest BCUT2D eigenvalue weighted by atomic mass is 19.3. The van der Waals surface area contributed by atoms with E-state index in [2.05, 4.69) is 10.1 Å². The van der Waals surface area contributed by atoms with Crippen LogP contribution in [0.3, 0.4) is 0 Å². The lowest BCUT2D eigenvalue weighted by Crippen LogP contribution is -2.33. The summed E-state index contributed by atoms with van der Waals surface area (Å²) in [6, 6.07) is 5.57. The number of benzene rings is 1. The van der Waals surface area contributed by atoms with E-state index in [1.54, 1.807) is 6.92 Å². The predicted molar refractivity (Wildman–Crippen MR) is 69.3 cm³/mol. The van der Waals surface area contributed by atoms with E-state index in [-0.39, 0.29) is 24.8 Å². The zero-order valence-electron chi connectivity index (χ0n) is 11.1. The fourth-order valence-electron chi connectivity index (χ4n) is 1.68. The van der Waals surface area contributed by atoms with Crippen molar-refractivity contribution in [3.63, 3.8) is 0 Å². The smallest absolute Gasteiger partial charge is 0.387 e. The van der Waals surface area contributed by atoms with Crippen LogP contribution in [0.15, 0.2) is 24.3 Å². The summed E-state index contributed by atoms with van der Waals surface area (Å²) in [6.07, 6.45) is -0.639. The summed E-state index contributed by atoms with van der Waals surface area (Å²) in [7, 11) is 0. The van der Waals surface area contributed by atoms with Gasteiger partial charge in [0.05, 0.1) is 6.10 Å². The van der Waals surface area contributed by atoms with Crippen molar-refractivity contribution in [2.45, 2.75) is 32.1 Å². The first-order valence-corrected chi connectivity index (χ1v) is 6.13. The van der Waals surface area contributed by atoms with Crippen LogP contribution in [0.1, 0.15) is 25.0 Å². The molecule has 0 aliphatic rings. The summed E-state index contributed by atoms with van der Waals surface area (Å²) in [5.74, 6) is -0.390. The Morgan fingerprint density at radius 2 is 2.00 bits per heavy atom. The summed E-state index contributed by atoms with van der Waals surface area (Å²) < 4.78 is 28.2. The molecule has 0 saturated carbocycles. The Bertz CT molecular complexity index is 426. The third-order valence-corrected chi connectivity index (χ3v) is 2.66. The van der Waals surface area contributed by atoms with Gasteiger partial charge < -0.3 is 20.9 Å². The number of hydrogen-bond acceptors (Lipinski definition) is 4. The highest BCUT2D eigenvalue weighted by molar-refractivity contribution is 5.74. The average molecular weight is 288 g/mol. The molecule has 0 aliphatic carbocycles. The zero-order chi connectivity index (χ0) is 15.1. The fourth-order valence-corrected chi connectivity index (χ4v) is 1.68. The Hall–Kier alpha value is -1.73. The molecule has 2 atom stereocenters. The summed E-state index contributed by atoms with van der Waals surface area (Å²) >= 11 is 0. The van der Waals surface area contributed by atoms with E-state index >= 15 is 0 Å². The molecule has 0 saturated heterocycles. The number of rotatable bonds is 8. The van der Waals surface area contributed by atoms with E-state index in [0.29, 0.717) is 5.56 Å². The molecule has 0 spiro atoms. The number of nitrogens with two attached hydrogens (primary N) is 1. The maximum absolute atomic E-state index is 12.0. The van der Waals surface area contributed by atoms with E-state index < -0.39 is 18.6 Å². The van der Waals surface area contributed by atoms with E-state index in [1.807, 2.05) is 0 Å². The van der Waals surface area contributed by atoms with Crippen molar-refractivity contribution in [3.8, 4) is 5.75 Å². The molecular weight excluding hydrogens is 270 g/mol. The first-order chi connectivity index (χ1) is 9.38. The van der Waals surface area contributed by atoms with Gasteiger partial charge in [0.15, 0.2) is 0 Å². The number of aliphatic hydroxyl groups is 1. The molecule has 0 fully saturated rings. The van der Waals surface area contributed by atoms with Crippen LogP contribution in [0.4, 0.5) is 8.78 Å². The molecule has 0 heterocycles. The molecule has 1 rings (SSSR count). The Morgan fingerprint density at radius 3 is 2.50 bits per heavy atom. The number of alkyl halides is 2. The van der Waals surface area contributed by atoms with E-state index in [9.17, 15) is 18.7 Å². The second-order valence-electron chi connectivity index (χ2n) is 4.44. The maximum Gasteiger partial charge on any atom is 0.387 e. The van der Waals surface area contributed by atoms with Gasteiger partial charge in [0, 0.05) is 19.0 Å². The molecule has 1 amide bonds. The molecule has 1 aromatic rings. The molecule has 112 valence electrons. The van der Waals surface area contributed by atoms with E-state index in [0.717, 1.165) is 0 Å². The number of carbonyl (C=O) groups is 1. The van der Waals surface area contributed by atoms with Gasteiger partial charge in [-0.2, -0.15) is 8.78 Å². The largest absolute Gasteiger partial charge is 0.435 e. The number of nitrogens with one attached hydrogen (secondary N) is 1. The van der Waals surface area contributed by atoms with Crippen molar-refractivity contribution < 1.29 is 23.4 Å². The van der Waals surface area contributed by atoms with Gasteiger partial charge in [-0.15, -0.1) is 0 Å². The van der Waals surface area contributed by atoms with Crippen LogP contribution in [0, 0.1) is 0 Å². The van der Waals surface area contributed by atoms with Gasteiger partial charge in [-0.25, -0.2) is 0 Å². The van der Waals surface area contributed by atoms with Gasteiger partial charge in [0.1, 0.15) is 5.75 Å². The van der Waals surface area contributed by atoms with Crippen LogP contribution < -0.4 is 15.8 Å². The Morgan fingerprint density at radius 1 is 1.40 bits per heavy atom. The van der Waals surface area contributed by atoms with Crippen molar-refractivity contribution in [3.05, 3.63) is 29.8 Å². The van der Waals surface area contributed by atoms with Gasteiger partial charge in [-0.1, -0.05) is 12.1 Å². The van der Waals surface area contributed by atoms with Crippen molar-refractivity contribution >= 4 is 5.91 Å². The summed E-state index contributed by atoms with van der Waals surface area (Å²) in [4.78, 5) is 10.7. The normalized spacial score (nSPS) is 14.1. The zero-order valence-corrected chi connectivity index (χ0v) is 11.1. The van der Waals surface area contributed by atoms with Crippen LogP contribution in [0.25, 0.3) is 0 Å². The number of amides is 1. The Labute approximate surface area is 115 Å². The predicted octanol–water partition coefficient (Wildman–Crippen LogP) is 1.17. The van der Waals surface area contributed by atoms with Crippen LogP contribution >= 0.6 is 0 Å². The van der Waals surface area contributed by atoms with Gasteiger partial charge in [-0.05, 0) is 24.6 Å². The van der Waals surface area contributed by atoms with Crippen LogP contribution in [-0.4, -0.2) is 30.2 Å². The van der Waals surface area contributed by atoms with Crippen molar-refractivity contribution in [2.75, 3.05) is 6.54 Å². The van der Waals surface area contributed by atoms with Gasteiger partial charge in [-0.3, -0.25) is 4.79 Å². The Kier molecular flexibility index (Phi) is 6.33. The lowest BCUT2D eigenvalue weighted by Gasteiger charge is -2.16. The second kappa shape index (κ2) is 7.76. The third-order valence-electron chi connectivity index (χ3n) is 2.66. The van der Waals surface area contributed by atoms with Gasteiger partial charge in [0.2, 0.25) is 5.91 Å². The molecule has 1 aromatic carbocycles. The minimum Gasteiger partial charge on any atom is -0.435 e. The first kappa shape index (κ1) is 16.3. The first-order valence-electron chi connectivity index (χ1n) is 6.13. The summed E-state index contributed by atoms with van der Waals surface area (Å²) in [5.41, 5.74) is 5.61. The monoisotopic (exact) mass is 288 g/mol. The summed E-state index contributed by atoms with van der Waals surface area (Å²) in [6.45, 7) is -0.873. The van der Waals surface area contributed by atoms with Crippen molar-refractivity contribution in [2.24, 2.45) is 5.73 Å². The average Bonchev–Trinajstić information content (AvgIpc) is 2.35. The molecule has 2 unspecified atom stereocenters. The summed E-state index contributed by atoms with van der Waals surface area (Å²) in [5, 5.41) is 12.9. The van der Waals surface area contributed by atoms with E-state index in [4.69, 9.17) is 5.73 Å². The number of carbonyl (C=O) groups excluding carboxylic acids is 1. The van der Waals surface area contributed by atoms with Crippen LogP contribution in [-0.2, 0) is 4.79 Å². The molecule has 0 aliphatic heterocycles. The minimum atomic E-state index is -2.87. The topological polar surface area (TPSA) is 84.6 Å². The van der Waals surface area contributed by atoms with Crippen molar-refractivity contribution in [1.29, 1.82) is 0 Å². The molecule has 7 heteroatoms. The molecule has 0 radical (unpaired) electrons. The SMILES string of the molecule is CC(CC(N)=O)NCC(O)c1ccc(OC(F)F)cc1. The molecule has 0 aromatic heterocycles. The molecule has 4 N–H and O–H groups in total. The molecular formula is C13H18F2N2O3. The standard InChI is InChI=1S/C13H18F2N2O3/c1-8(6-12(16)19)17-7-11(18)9-2-4-10(5-3-9)20-13(14)15/h2-5,8,11,13,17-18H,6-7H2,1H3,(H2,16,19). The van der Waals surface area contributed by atoms with Gasteiger partial charge >= 0.3 is 6.61 Å². The number of hydrogen-bond donors (Lipinski definition) is 3. The number of aliphatic hydroxyl groups excluding tert-OH is 1. The van der Waals surface area contributed by atoms with E-state index in [1.165, 1.54) is 24.3 Å². The lowest BCUT2D eigenvalue weighted by molar-refractivity contribution is -0.118.